The summed E-state index contributed by atoms with van der Waals surface area (Å²) in [4.78, 5) is 28.0. The molecule has 19 heavy (non-hydrogen) atoms. The van der Waals surface area contributed by atoms with Crippen molar-refractivity contribution in [1.82, 2.24) is 14.8 Å². The van der Waals surface area contributed by atoms with Gasteiger partial charge in [0.25, 0.3) is 5.91 Å². The van der Waals surface area contributed by atoms with Crippen molar-refractivity contribution in [2.45, 2.75) is 5.92 Å². The van der Waals surface area contributed by atoms with Gasteiger partial charge < -0.3 is 5.73 Å². The summed E-state index contributed by atoms with van der Waals surface area (Å²) >= 11 is 5.78. The predicted octanol–water partition coefficient (Wildman–Crippen LogP) is 0.890. The van der Waals surface area contributed by atoms with E-state index in [1.165, 1.54) is 0 Å². The molecule has 0 fully saturated rings. The van der Waals surface area contributed by atoms with Crippen LogP contribution in [0.4, 0.5) is 11.9 Å². The summed E-state index contributed by atoms with van der Waals surface area (Å²) in [7, 11) is 0. The van der Waals surface area contributed by atoms with Crippen molar-refractivity contribution in [1.29, 1.82) is 0 Å². The van der Waals surface area contributed by atoms with Gasteiger partial charge in [0.1, 0.15) is 5.92 Å². The maximum absolute atomic E-state index is 12.2. The van der Waals surface area contributed by atoms with E-state index in [1.54, 1.807) is 24.3 Å². The number of nitrogen functional groups attached to an aromatic ring is 1. The molecule has 0 saturated heterocycles. The second-order valence-corrected chi connectivity index (χ2v) is 4.45. The van der Waals surface area contributed by atoms with Gasteiger partial charge in [0.05, 0.1) is 0 Å². The minimum atomic E-state index is -0.981. The van der Waals surface area contributed by atoms with Crippen molar-refractivity contribution in [3.8, 4) is 0 Å². The number of nitrogens with two attached hydrogens (primary N) is 1. The molecular formula is C11H8ClN5O2. The lowest BCUT2D eigenvalue weighted by Crippen LogP contribution is -2.38. The summed E-state index contributed by atoms with van der Waals surface area (Å²) in [5, 5.41) is 6.77. The molecule has 0 spiro atoms. The summed E-state index contributed by atoms with van der Waals surface area (Å²) in [6.07, 6.45) is 0. The molecule has 3 N–H and O–H groups in total. The van der Waals surface area contributed by atoms with Crippen molar-refractivity contribution in [2.75, 3.05) is 11.1 Å². The third kappa shape index (κ3) is 1.84. The molecule has 0 saturated carbocycles. The lowest BCUT2D eigenvalue weighted by Gasteiger charge is -2.20. The summed E-state index contributed by atoms with van der Waals surface area (Å²) < 4.78 is 0.996. The van der Waals surface area contributed by atoms with Crippen molar-refractivity contribution in [2.24, 2.45) is 0 Å². The maximum atomic E-state index is 12.2. The highest BCUT2D eigenvalue weighted by Gasteiger charge is 2.37. The Morgan fingerprint density at radius 2 is 1.95 bits per heavy atom. The number of carbonyl (C=O) groups excluding carboxylic acids is 2. The smallest absolute Gasteiger partial charge is 0.267 e. The number of hydrogen-bond acceptors (Lipinski definition) is 5. The van der Waals surface area contributed by atoms with Crippen LogP contribution in [0.5, 0.6) is 0 Å². The van der Waals surface area contributed by atoms with Gasteiger partial charge in [0, 0.05) is 5.02 Å². The zero-order valence-electron chi connectivity index (χ0n) is 9.50. The number of carbonyl (C=O) groups is 2. The highest BCUT2D eigenvalue weighted by Crippen LogP contribution is 2.26. The molecule has 2 heterocycles. The lowest BCUT2D eigenvalue weighted by atomic mass is 9.96. The molecule has 0 bridgehead atoms. The summed E-state index contributed by atoms with van der Waals surface area (Å²) in [6.45, 7) is 0. The molecule has 1 atom stereocenters. The van der Waals surface area contributed by atoms with Crippen LogP contribution >= 0.6 is 11.6 Å². The molecule has 0 radical (unpaired) electrons. The van der Waals surface area contributed by atoms with Gasteiger partial charge in [-0.2, -0.15) is 9.67 Å². The molecule has 0 aliphatic carbocycles. The van der Waals surface area contributed by atoms with E-state index in [2.05, 4.69) is 15.4 Å². The molecule has 1 aromatic heterocycles. The zero-order valence-corrected chi connectivity index (χ0v) is 10.3. The molecule has 1 unspecified atom stereocenters. The number of aromatic nitrogens is 3. The lowest BCUT2D eigenvalue weighted by molar-refractivity contribution is -0.117. The molecule has 1 aliphatic rings. The topological polar surface area (TPSA) is 103 Å². The number of halogens is 1. The molecule has 96 valence electrons. The van der Waals surface area contributed by atoms with Crippen LogP contribution in [0.25, 0.3) is 0 Å². The van der Waals surface area contributed by atoms with Crippen molar-refractivity contribution >= 4 is 35.3 Å². The minimum absolute atomic E-state index is 0.0395. The van der Waals surface area contributed by atoms with Crippen LogP contribution in [0.15, 0.2) is 24.3 Å². The van der Waals surface area contributed by atoms with Crippen LogP contribution < -0.4 is 11.1 Å². The predicted molar refractivity (Wildman–Crippen MR) is 67.9 cm³/mol. The van der Waals surface area contributed by atoms with Crippen LogP contribution in [-0.2, 0) is 4.79 Å². The molecular weight excluding hydrogens is 270 g/mol. The van der Waals surface area contributed by atoms with Gasteiger partial charge in [-0.15, -0.1) is 5.10 Å². The van der Waals surface area contributed by atoms with Crippen molar-refractivity contribution in [3.63, 3.8) is 0 Å². The van der Waals surface area contributed by atoms with Gasteiger partial charge in [-0.25, -0.2) is 0 Å². The van der Waals surface area contributed by atoms with E-state index in [9.17, 15) is 9.59 Å². The first-order chi connectivity index (χ1) is 9.06. The second-order valence-electron chi connectivity index (χ2n) is 4.02. The fraction of sp³-hybridized carbons (Fsp3) is 0.0909. The highest BCUT2D eigenvalue weighted by atomic mass is 35.5. The van der Waals surface area contributed by atoms with Crippen molar-refractivity contribution < 1.29 is 9.59 Å². The SMILES string of the molecule is Nc1nc2n(n1)C(=O)C(c1ccc(Cl)cc1)C(=O)N2. The Morgan fingerprint density at radius 3 is 2.63 bits per heavy atom. The van der Waals surface area contributed by atoms with Gasteiger partial charge in [-0.3, -0.25) is 14.9 Å². The monoisotopic (exact) mass is 277 g/mol. The molecule has 1 amide bonds. The number of nitrogens with zero attached hydrogens (tertiary/aromatic N) is 3. The zero-order chi connectivity index (χ0) is 13.6. The largest absolute Gasteiger partial charge is 0.366 e. The molecule has 1 aliphatic heterocycles. The molecule has 8 heteroatoms. The standard InChI is InChI=1S/C11H8ClN5O2/c12-6-3-1-5(2-4-6)7-8(18)14-11-15-10(13)16-17(11)9(7)19/h1-4,7H,(H3,13,14,15,16,18). The van der Waals surface area contributed by atoms with E-state index in [1.807, 2.05) is 0 Å². The number of fused-ring (bicyclic) bond motifs is 1. The number of hydrogen-bond donors (Lipinski definition) is 2. The van der Waals surface area contributed by atoms with E-state index >= 15 is 0 Å². The summed E-state index contributed by atoms with van der Waals surface area (Å²) in [5.41, 5.74) is 5.94. The number of rotatable bonds is 1. The Kier molecular flexibility index (Phi) is 2.49. The average Bonchev–Trinajstić information content (AvgIpc) is 2.72. The normalized spacial score (nSPS) is 18.1. The van der Waals surface area contributed by atoms with Gasteiger partial charge in [-0.05, 0) is 17.7 Å². The Hall–Kier alpha value is -2.41. The third-order valence-electron chi connectivity index (χ3n) is 2.78. The number of amides is 1. The number of anilines is 2. The first-order valence-corrected chi connectivity index (χ1v) is 5.77. The molecule has 3 rings (SSSR count). The first-order valence-electron chi connectivity index (χ1n) is 5.39. The van der Waals surface area contributed by atoms with Crippen LogP contribution in [0.1, 0.15) is 16.3 Å². The van der Waals surface area contributed by atoms with E-state index < -0.39 is 17.7 Å². The Bertz CT molecular complexity index is 679. The average molecular weight is 278 g/mol. The molecule has 1 aromatic carbocycles. The van der Waals surface area contributed by atoms with Crippen LogP contribution in [0.3, 0.4) is 0 Å². The van der Waals surface area contributed by atoms with Crippen LogP contribution in [-0.4, -0.2) is 26.6 Å². The number of benzene rings is 1. The maximum Gasteiger partial charge on any atom is 0.267 e. The summed E-state index contributed by atoms with van der Waals surface area (Å²) in [6, 6.07) is 6.47. The Labute approximate surface area is 112 Å². The highest BCUT2D eigenvalue weighted by molar-refractivity contribution is 6.30. The fourth-order valence-electron chi connectivity index (χ4n) is 1.93. The number of nitrogens with one attached hydrogen (secondary N) is 1. The third-order valence-corrected chi connectivity index (χ3v) is 3.03. The van der Waals surface area contributed by atoms with Gasteiger partial charge in [0.2, 0.25) is 17.8 Å². The molecule has 2 aromatic rings. The van der Waals surface area contributed by atoms with Gasteiger partial charge >= 0.3 is 0 Å². The fourth-order valence-corrected chi connectivity index (χ4v) is 2.05. The van der Waals surface area contributed by atoms with Gasteiger partial charge in [0.15, 0.2) is 0 Å². The van der Waals surface area contributed by atoms with Crippen molar-refractivity contribution in [3.05, 3.63) is 34.9 Å². The van der Waals surface area contributed by atoms with Gasteiger partial charge in [-0.1, -0.05) is 23.7 Å². The van der Waals surface area contributed by atoms with Crippen LogP contribution in [0, 0.1) is 0 Å². The minimum Gasteiger partial charge on any atom is -0.366 e. The first kappa shape index (κ1) is 11.7. The van der Waals surface area contributed by atoms with E-state index in [0.29, 0.717) is 10.6 Å². The van der Waals surface area contributed by atoms with E-state index in [0.717, 1.165) is 4.68 Å². The molecule has 7 nitrogen and oxygen atoms in total. The Morgan fingerprint density at radius 1 is 1.26 bits per heavy atom. The van der Waals surface area contributed by atoms with E-state index in [-0.39, 0.29) is 11.9 Å². The Balaban J connectivity index is 2.06. The van der Waals surface area contributed by atoms with E-state index in [4.69, 9.17) is 17.3 Å². The summed E-state index contributed by atoms with van der Waals surface area (Å²) in [5.74, 6) is -1.97. The quantitative estimate of drug-likeness (QED) is 0.754. The van der Waals surface area contributed by atoms with Crippen LogP contribution in [0.2, 0.25) is 5.02 Å². The second kappa shape index (κ2) is 4.06.